The lowest BCUT2D eigenvalue weighted by molar-refractivity contribution is 0.0694. The summed E-state index contributed by atoms with van der Waals surface area (Å²) < 4.78 is 0. The van der Waals surface area contributed by atoms with Gasteiger partial charge >= 0.3 is 5.97 Å². The minimum Gasteiger partial charge on any atom is -0.478 e. The molecular weight excluding hydrogens is 266 g/mol. The van der Waals surface area contributed by atoms with E-state index in [1.54, 1.807) is 11.8 Å². The van der Waals surface area contributed by atoms with Crippen molar-refractivity contribution in [1.82, 2.24) is 0 Å². The van der Waals surface area contributed by atoms with Crippen LogP contribution in [0.1, 0.15) is 23.7 Å². The first-order chi connectivity index (χ1) is 8.63. The SMILES string of the molecule is CCC(CSC)Nc1cccc(SC)c1C(=O)O. The Kier molecular flexibility index (Phi) is 6.43. The Balaban J connectivity index is 3.03. The number of anilines is 1. The van der Waals surface area contributed by atoms with Crippen LogP contribution in [-0.4, -0.2) is 35.4 Å². The van der Waals surface area contributed by atoms with Crippen molar-refractivity contribution in [2.24, 2.45) is 0 Å². The van der Waals surface area contributed by atoms with E-state index in [1.807, 2.05) is 24.5 Å². The number of carbonyl (C=O) groups is 1. The van der Waals surface area contributed by atoms with Gasteiger partial charge in [-0.1, -0.05) is 13.0 Å². The summed E-state index contributed by atoms with van der Waals surface area (Å²) in [5, 5.41) is 12.7. The molecule has 1 rings (SSSR count). The van der Waals surface area contributed by atoms with Gasteiger partial charge in [0.25, 0.3) is 0 Å². The second-order valence-corrected chi connectivity index (χ2v) is 5.65. The summed E-state index contributed by atoms with van der Waals surface area (Å²) in [5.74, 6) is 0.0976. The Morgan fingerprint density at radius 3 is 2.67 bits per heavy atom. The molecule has 0 radical (unpaired) electrons. The molecule has 1 unspecified atom stereocenters. The lowest BCUT2D eigenvalue weighted by Gasteiger charge is -2.19. The zero-order valence-corrected chi connectivity index (χ0v) is 12.5. The van der Waals surface area contributed by atoms with Crippen LogP contribution in [0.3, 0.4) is 0 Å². The standard InChI is InChI=1S/C13H19NO2S2/c1-4-9(8-17-2)14-10-6-5-7-11(18-3)12(10)13(15)16/h5-7,9,14H,4,8H2,1-3H3,(H,15,16). The Labute approximate surface area is 117 Å². The summed E-state index contributed by atoms with van der Waals surface area (Å²) in [6.45, 7) is 2.10. The van der Waals surface area contributed by atoms with Gasteiger partial charge in [-0.15, -0.1) is 11.8 Å². The molecule has 100 valence electrons. The van der Waals surface area contributed by atoms with Gasteiger partial charge in [-0.3, -0.25) is 0 Å². The van der Waals surface area contributed by atoms with E-state index in [4.69, 9.17) is 0 Å². The molecule has 18 heavy (non-hydrogen) atoms. The largest absolute Gasteiger partial charge is 0.478 e. The summed E-state index contributed by atoms with van der Waals surface area (Å²) in [6, 6.07) is 5.88. The zero-order chi connectivity index (χ0) is 13.5. The van der Waals surface area contributed by atoms with E-state index in [2.05, 4.69) is 18.5 Å². The molecule has 0 saturated carbocycles. The summed E-state index contributed by atoms with van der Waals surface area (Å²) in [4.78, 5) is 12.2. The second-order valence-electron chi connectivity index (χ2n) is 3.89. The molecule has 0 aliphatic rings. The van der Waals surface area contributed by atoms with Crippen molar-refractivity contribution >= 4 is 35.2 Å². The normalized spacial score (nSPS) is 12.2. The number of nitrogens with one attached hydrogen (secondary N) is 1. The van der Waals surface area contributed by atoms with Gasteiger partial charge in [0.05, 0.1) is 11.3 Å². The third kappa shape index (κ3) is 3.85. The van der Waals surface area contributed by atoms with Gasteiger partial charge in [0.15, 0.2) is 0 Å². The maximum absolute atomic E-state index is 11.4. The maximum atomic E-state index is 11.4. The molecule has 2 N–H and O–H groups in total. The van der Waals surface area contributed by atoms with Crippen molar-refractivity contribution in [3.8, 4) is 0 Å². The molecule has 5 heteroatoms. The average molecular weight is 285 g/mol. The van der Waals surface area contributed by atoms with Crippen LogP contribution in [0, 0.1) is 0 Å². The molecule has 1 aromatic rings. The number of carboxylic acids is 1. The van der Waals surface area contributed by atoms with E-state index in [-0.39, 0.29) is 0 Å². The second kappa shape index (κ2) is 7.59. The van der Waals surface area contributed by atoms with Gasteiger partial charge in [0, 0.05) is 16.7 Å². The Morgan fingerprint density at radius 1 is 1.44 bits per heavy atom. The molecule has 1 aromatic carbocycles. The van der Waals surface area contributed by atoms with Crippen LogP contribution in [0.15, 0.2) is 23.1 Å². The summed E-state index contributed by atoms with van der Waals surface area (Å²) >= 11 is 3.22. The lowest BCUT2D eigenvalue weighted by Crippen LogP contribution is -2.22. The van der Waals surface area contributed by atoms with Crippen molar-refractivity contribution in [1.29, 1.82) is 0 Å². The third-order valence-corrected chi connectivity index (χ3v) is 4.20. The number of hydrogen-bond acceptors (Lipinski definition) is 4. The number of benzene rings is 1. The van der Waals surface area contributed by atoms with E-state index >= 15 is 0 Å². The van der Waals surface area contributed by atoms with Gasteiger partial charge in [-0.05, 0) is 31.1 Å². The van der Waals surface area contributed by atoms with Gasteiger partial charge in [0.2, 0.25) is 0 Å². The molecule has 0 amide bonds. The molecule has 0 aliphatic heterocycles. The summed E-state index contributed by atoms with van der Waals surface area (Å²) in [7, 11) is 0. The average Bonchev–Trinajstić information content (AvgIpc) is 2.37. The third-order valence-electron chi connectivity index (χ3n) is 2.68. The van der Waals surface area contributed by atoms with Crippen molar-refractivity contribution in [2.45, 2.75) is 24.3 Å². The fraction of sp³-hybridized carbons (Fsp3) is 0.462. The van der Waals surface area contributed by atoms with Gasteiger partial charge in [-0.2, -0.15) is 11.8 Å². The van der Waals surface area contributed by atoms with Gasteiger partial charge in [0.1, 0.15) is 0 Å². The van der Waals surface area contributed by atoms with Gasteiger partial charge < -0.3 is 10.4 Å². The number of thioether (sulfide) groups is 2. The molecule has 0 saturated heterocycles. The van der Waals surface area contributed by atoms with Crippen molar-refractivity contribution < 1.29 is 9.90 Å². The van der Waals surface area contributed by atoms with Crippen molar-refractivity contribution in [3.63, 3.8) is 0 Å². The highest BCUT2D eigenvalue weighted by atomic mass is 32.2. The van der Waals surface area contributed by atoms with Crippen molar-refractivity contribution in [3.05, 3.63) is 23.8 Å². The first-order valence-corrected chi connectivity index (χ1v) is 8.41. The Hall–Kier alpha value is -0.810. The quantitative estimate of drug-likeness (QED) is 0.749. The van der Waals surface area contributed by atoms with Crippen LogP contribution in [-0.2, 0) is 0 Å². The Bertz CT molecular complexity index is 410. The van der Waals surface area contributed by atoms with E-state index in [0.717, 1.165) is 22.8 Å². The van der Waals surface area contributed by atoms with Crippen LogP contribution in [0.25, 0.3) is 0 Å². The number of hydrogen-bond donors (Lipinski definition) is 2. The fourth-order valence-electron chi connectivity index (χ4n) is 1.72. The topological polar surface area (TPSA) is 49.3 Å². The molecule has 0 aliphatic carbocycles. The number of carboxylic acid groups (broad SMARTS) is 1. The van der Waals surface area contributed by atoms with E-state index < -0.39 is 5.97 Å². The first-order valence-electron chi connectivity index (χ1n) is 5.79. The molecule has 0 aromatic heterocycles. The van der Waals surface area contributed by atoms with E-state index in [0.29, 0.717) is 11.6 Å². The van der Waals surface area contributed by atoms with Crippen LogP contribution in [0.2, 0.25) is 0 Å². The molecule has 1 atom stereocenters. The number of aromatic carboxylic acids is 1. The summed E-state index contributed by atoms with van der Waals surface area (Å²) in [6.07, 6.45) is 4.93. The minimum absolute atomic E-state index is 0.301. The highest BCUT2D eigenvalue weighted by Gasteiger charge is 2.16. The smallest absolute Gasteiger partial charge is 0.338 e. The molecule has 0 spiro atoms. The van der Waals surface area contributed by atoms with E-state index in [1.165, 1.54) is 11.8 Å². The molecular formula is C13H19NO2S2. The number of rotatable bonds is 7. The lowest BCUT2D eigenvalue weighted by atomic mass is 10.1. The van der Waals surface area contributed by atoms with Crippen LogP contribution >= 0.6 is 23.5 Å². The minimum atomic E-state index is -0.874. The predicted octanol–water partition coefficient (Wildman–Crippen LogP) is 3.66. The maximum Gasteiger partial charge on any atom is 0.338 e. The first kappa shape index (κ1) is 15.2. The van der Waals surface area contributed by atoms with Crippen LogP contribution < -0.4 is 5.32 Å². The predicted molar refractivity (Wildman–Crippen MR) is 81.3 cm³/mol. The van der Waals surface area contributed by atoms with Crippen LogP contribution in [0.5, 0.6) is 0 Å². The fourth-order valence-corrected chi connectivity index (χ4v) is 3.06. The molecule has 0 heterocycles. The highest BCUT2D eigenvalue weighted by molar-refractivity contribution is 7.98. The summed E-state index contributed by atoms with van der Waals surface area (Å²) in [5.41, 5.74) is 1.10. The van der Waals surface area contributed by atoms with Crippen molar-refractivity contribution in [2.75, 3.05) is 23.6 Å². The monoisotopic (exact) mass is 285 g/mol. The highest BCUT2D eigenvalue weighted by Crippen LogP contribution is 2.28. The zero-order valence-electron chi connectivity index (χ0n) is 10.9. The van der Waals surface area contributed by atoms with Crippen LogP contribution in [0.4, 0.5) is 5.69 Å². The Morgan fingerprint density at radius 2 is 2.17 bits per heavy atom. The molecule has 3 nitrogen and oxygen atoms in total. The molecule has 0 fully saturated rings. The van der Waals surface area contributed by atoms with E-state index in [9.17, 15) is 9.90 Å². The van der Waals surface area contributed by atoms with Gasteiger partial charge in [-0.25, -0.2) is 4.79 Å². The molecule has 0 bridgehead atoms.